The number of carbonyl (C=O) groups is 1. The molecule has 1 aromatic carbocycles. The Balaban J connectivity index is 2.76. The molecule has 1 aromatic rings. The smallest absolute Gasteiger partial charge is 0.253 e. The quantitative estimate of drug-likeness (QED) is 0.767. The average Bonchev–Trinajstić information content (AvgIpc) is 2.48. The SMILES string of the molecule is CCCN(C)c1ccc(C(=O)N(CC)CCC#N)cc1. The molecule has 0 saturated heterocycles. The van der Waals surface area contributed by atoms with Crippen LogP contribution in [0.4, 0.5) is 5.69 Å². The number of anilines is 1. The minimum absolute atomic E-state index is 0.00700. The van der Waals surface area contributed by atoms with Crippen LogP contribution in [0.3, 0.4) is 0 Å². The van der Waals surface area contributed by atoms with Crippen molar-refractivity contribution in [1.82, 2.24) is 4.90 Å². The van der Waals surface area contributed by atoms with Crippen LogP contribution in [0.25, 0.3) is 0 Å². The molecule has 1 amide bonds. The van der Waals surface area contributed by atoms with Gasteiger partial charge >= 0.3 is 0 Å². The molecule has 0 heterocycles. The molecule has 0 aliphatic heterocycles. The highest BCUT2D eigenvalue weighted by molar-refractivity contribution is 5.94. The zero-order chi connectivity index (χ0) is 15.0. The second kappa shape index (κ2) is 8.21. The third-order valence-corrected chi connectivity index (χ3v) is 3.28. The molecule has 4 nitrogen and oxygen atoms in total. The number of nitrogens with zero attached hydrogens (tertiary/aromatic N) is 3. The predicted molar refractivity (Wildman–Crippen MR) is 81.8 cm³/mol. The summed E-state index contributed by atoms with van der Waals surface area (Å²) in [6.07, 6.45) is 1.46. The van der Waals surface area contributed by atoms with Crippen LogP contribution in [-0.2, 0) is 0 Å². The van der Waals surface area contributed by atoms with E-state index in [1.165, 1.54) is 0 Å². The Labute approximate surface area is 121 Å². The van der Waals surface area contributed by atoms with E-state index in [0.717, 1.165) is 18.7 Å². The van der Waals surface area contributed by atoms with Gasteiger partial charge in [-0.1, -0.05) is 6.92 Å². The zero-order valence-corrected chi connectivity index (χ0v) is 12.6. The van der Waals surface area contributed by atoms with Gasteiger partial charge in [0, 0.05) is 37.9 Å². The molecule has 0 bridgehead atoms. The highest BCUT2D eigenvalue weighted by Crippen LogP contribution is 2.15. The lowest BCUT2D eigenvalue weighted by Crippen LogP contribution is -2.31. The summed E-state index contributed by atoms with van der Waals surface area (Å²) in [7, 11) is 2.05. The number of benzene rings is 1. The van der Waals surface area contributed by atoms with Gasteiger partial charge in [-0.15, -0.1) is 0 Å². The van der Waals surface area contributed by atoms with Crippen LogP contribution in [0.2, 0.25) is 0 Å². The number of carbonyl (C=O) groups excluding carboxylic acids is 1. The zero-order valence-electron chi connectivity index (χ0n) is 12.6. The monoisotopic (exact) mass is 273 g/mol. The van der Waals surface area contributed by atoms with Gasteiger partial charge in [-0.2, -0.15) is 5.26 Å². The Morgan fingerprint density at radius 1 is 1.20 bits per heavy atom. The van der Waals surface area contributed by atoms with Crippen LogP contribution in [0.5, 0.6) is 0 Å². The van der Waals surface area contributed by atoms with Crippen molar-refractivity contribution in [3.63, 3.8) is 0 Å². The van der Waals surface area contributed by atoms with E-state index >= 15 is 0 Å². The highest BCUT2D eigenvalue weighted by atomic mass is 16.2. The normalized spacial score (nSPS) is 9.90. The van der Waals surface area contributed by atoms with E-state index in [-0.39, 0.29) is 5.91 Å². The van der Waals surface area contributed by atoms with Gasteiger partial charge in [0.25, 0.3) is 5.91 Å². The van der Waals surface area contributed by atoms with Crippen molar-refractivity contribution in [3.05, 3.63) is 29.8 Å². The number of hydrogen-bond donors (Lipinski definition) is 0. The van der Waals surface area contributed by atoms with Crippen LogP contribution >= 0.6 is 0 Å². The van der Waals surface area contributed by atoms with Crippen molar-refractivity contribution in [1.29, 1.82) is 5.26 Å². The Kier molecular flexibility index (Phi) is 6.58. The molecule has 0 aliphatic rings. The van der Waals surface area contributed by atoms with Gasteiger partial charge in [-0.3, -0.25) is 4.79 Å². The summed E-state index contributed by atoms with van der Waals surface area (Å²) in [5.74, 6) is -0.00700. The second-order valence-electron chi connectivity index (χ2n) is 4.76. The molecule has 0 spiro atoms. The number of rotatable bonds is 7. The average molecular weight is 273 g/mol. The molecule has 0 unspecified atom stereocenters. The van der Waals surface area contributed by atoms with Crippen molar-refractivity contribution in [3.8, 4) is 6.07 Å². The fourth-order valence-electron chi connectivity index (χ4n) is 2.09. The van der Waals surface area contributed by atoms with Crippen molar-refractivity contribution < 1.29 is 4.79 Å². The summed E-state index contributed by atoms with van der Waals surface area (Å²) < 4.78 is 0. The number of nitriles is 1. The summed E-state index contributed by atoms with van der Waals surface area (Å²) in [6.45, 7) is 6.18. The van der Waals surface area contributed by atoms with Crippen LogP contribution in [-0.4, -0.2) is 37.5 Å². The van der Waals surface area contributed by atoms with Gasteiger partial charge in [-0.25, -0.2) is 0 Å². The summed E-state index contributed by atoms with van der Waals surface area (Å²) >= 11 is 0. The topological polar surface area (TPSA) is 47.3 Å². The highest BCUT2D eigenvalue weighted by Gasteiger charge is 2.13. The maximum absolute atomic E-state index is 12.3. The van der Waals surface area contributed by atoms with Crippen LogP contribution < -0.4 is 4.90 Å². The Hall–Kier alpha value is -2.02. The fraction of sp³-hybridized carbons (Fsp3) is 0.500. The Bertz CT molecular complexity index is 462. The first-order valence-corrected chi connectivity index (χ1v) is 7.11. The van der Waals surface area contributed by atoms with Crippen LogP contribution in [0.15, 0.2) is 24.3 Å². The molecule has 0 atom stereocenters. The number of hydrogen-bond acceptors (Lipinski definition) is 3. The van der Waals surface area contributed by atoms with E-state index in [4.69, 9.17) is 5.26 Å². The van der Waals surface area contributed by atoms with Gasteiger partial charge in [0.2, 0.25) is 0 Å². The first kappa shape index (κ1) is 16.0. The van der Waals surface area contributed by atoms with Gasteiger partial charge in [0.1, 0.15) is 0 Å². The molecule has 0 aromatic heterocycles. The molecule has 1 rings (SSSR count). The molecule has 20 heavy (non-hydrogen) atoms. The van der Waals surface area contributed by atoms with Crippen molar-refractivity contribution >= 4 is 11.6 Å². The summed E-state index contributed by atoms with van der Waals surface area (Å²) in [5, 5.41) is 8.62. The van der Waals surface area contributed by atoms with E-state index < -0.39 is 0 Å². The van der Waals surface area contributed by atoms with Crippen molar-refractivity contribution in [2.45, 2.75) is 26.7 Å². The van der Waals surface area contributed by atoms with E-state index in [9.17, 15) is 4.79 Å². The standard InChI is InChI=1S/C16H23N3O/c1-4-12-18(3)15-9-7-14(8-10-15)16(20)19(5-2)13-6-11-17/h7-10H,4-6,12-13H2,1-3H3. The molecule has 0 saturated carbocycles. The molecule has 0 aliphatic carbocycles. The minimum atomic E-state index is -0.00700. The van der Waals surface area contributed by atoms with E-state index in [0.29, 0.717) is 25.1 Å². The van der Waals surface area contributed by atoms with E-state index in [1.807, 2.05) is 38.2 Å². The molecule has 0 radical (unpaired) electrons. The molecular formula is C16H23N3O. The van der Waals surface area contributed by atoms with Gasteiger partial charge in [0.05, 0.1) is 12.5 Å². The lowest BCUT2D eigenvalue weighted by atomic mass is 10.1. The summed E-state index contributed by atoms with van der Waals surface area (Å²) in [4.78, 5) is 16.2. The largest absolute Gasteiger partial charge is 0.375 e. The lowest BCUT2D eigenvalue weighted by molar-refractivity contribution is 0.0768. The summed E-state index contributed by atoms with van der Waals surface area (Å²) in [6, 6.07) is 9.74. The molecule has 0 N–H and O–H groups in total. The molecule has 4 heteroatoms. The van der Waals surface area contributed by atoms with Crippen molar-refractivity contribution in [2.24, 2.45) is 0 Å². The molecule has 0 fully saturated rings. The second-order valence-corrected chi connectivity index (χ2v) is 4.76. The van der Waals surface area contributed by atoms with Crippen molar-refractivity contribution in [2.75, 3.05) is 31.6 Å². The predicted octanol–water partition coefficient (Wildman–Crippen LogP) is 2.91. The fourth-order valence-corrected chi connectivity index (χ4v) is 2.09. The molecule has 108 valence electrons. The summed E-state index contributed by atoms with van der Waals surface area (Å²) in [5.41, 5.74) is 1.79. The Morgan fingerprint density at radius 3 is 2.35 bits per heavy atom. The van der Waals surface area contributed by atoms with E-state index in [1.54, 1.807) is 4.90 Å². The van der Waals surface area contributed by atoms with E-state index in [2.05, 4.69) is 17.9 Å². The van der Waals surface area contributed by atoms with Gasteiger partial charge in [-0.05, 0) is 37.6 Å². The maximum atomic E-state index is 12.3. The van der Waals surface area contributed by atoms with Crippen LogP contribution in [0.1, 0.15) is 37.0 Å². The third-order valence-electron chi connectivity index (χ3n) is 3.28. The Morgan fingerprint density at radius 2 is 1.85 bits per heavy atom. The third kappa shape index (κ3) is 4.27. The van der Waals surface area contributed by atoms with Crippen LogP contribution in [0, 0.1) is 11.3 Å². The lowest BCUT2D eigenvalue weighted by Gasteiger charge is -2.21. The molecular weight excluding hydrogens is 250 g/mol. The van der Waals surface area contributed by atoms with Gasteiger partial charge < -0.3 is 9.80 Å². The first-order chi connectivity index (χ1) is 9.63. The number of amides is 1. The first-order valence-electron chi connectivity index (χ1n) is 7.11. The minimum Gasteiger partial charge on any atom is -0.375 e. The van der Waals surface area contributed by atoms with Gasteiger partial charge in [0.15, 0.2) is 0 Å². The maximum Gasteiger partial charge on any atom is 0.253 e.